The molecule has 0 atom stereocenters. The van der Waals surface area contributed by atoms with E-state index in [2.05, 4.69) is 14.7 Å². The molecule has 0 unspecified atom stereocenters. The largest absolute Gasteiger partial charge is 0.496 e. The lowest BCUT2D eigenvalue weighted by Crippen LogP contribution is -2.23. The third kappa shape index (κ3) is 3.12. The summed E-state index contributed by atoms with van der Waals surface area (Å²) in [6, 6.07) is 7.24. The van der Waals surface area contributed by atoms with Gasteiger partial charge in [-0.1, -0.05) is 18.2 Å². The number of aromatic nitrogens is 2. The van der Waals surface area contributed by atoms with Crippen LogP contribution in [0.15, 0.2) is 35.5 Å². The minimum Gasteiger partial charge on any atom is -0.496 e. The SMILES string of the molecule is COc1ccccc1CNS(=O)(=O)c1cnc(C)[nH]1. The molecule has 2 aromatic rings. The van der Waals surface area contributed by atoms with E-state index in [1.165, 1.54) is 6.20 Å². The lowest BCUT2D eigenvalue weighted by Gasteiger charge is -2.09. The fourth-order valence-corrected chi connectivity index (χ4v) is 2.61. The van der Waals surface area contributed by atoms with E-state index in [4.69, 9.17) is 4.74 Å². The average molecular weight is 281 g/mol. The van der Waals surface area contributed by atoms with Crippen molar-refractivity contribution in [2.75, 3.05) is 7.11 Å². The van der Waals surface area contributed by atoms with Crippen LogP contribution in [0.5, 0.6) is 5.75 Å². The Bertz CT molecular complexity index is 664. The molecule has 1 aromatic carbocycles. The number of ether oxygens (including phenoxy) is 1. The van der Waals surface area contributed by atoms with Gasteiger partial charge in [-0.3, -0.25) is 0 Å². The summed E-state index contributed by atoms with van der Waals surface area (Å²) in [7, 11) is -2.04. The number of aryl methyl sites for hydroxylation is 1. The van der Waals surface area contributed by atoms with Gasteiger partial charge in [-0.05, 0) is 13.0 Å². The maximum atomic E-state index is 12.0. The Labute approximate surface area is 111 Å². The van der Waals surface area contributed by atoms with Crippen LogP contribution < -0.4 is 9.46 Å². The Balaban J connectivity index is 2.14. The number of aromatic amines is 1. The Morgan fingerprint density at radius 3 is 2.74 bits per heavy atom. The highest BCUT2D eigenvalue weighted by Gasteiger charge is 2.16. The molecule has 0 spiro atoms. The molecule has 0 saturated heterocycles. The van der Waals surface area contributed by atoms with Gasteiger partial charge in [0.1, 0.15) is 11.6 Å². The van der Waals surface area contributed by atoms with Crippen LogP contribution in [0.2, 0.25) is 0 Å². The lowest BCUT2D eigenvalue weighted by molar-refractivity contribution is 0.409. The number of sulfonamides is 1. The van der Waals surface area contributed by atoms with Gasteiger partial charge in [0.05, 0.1) is 13.3 Å². The van der Waals surface area contributed by atoms with Gasteiger partial charge in [0, 0.05) is 12.1 Å². The topological polar surface area (TPSA) is 84.1 Å². The molecular formula is C12H15N3O3S. The molecule has 2 rings (SSSR count). The van der Waals surface area contributed by atoms with E-state index in [1.54, 1.807) is 26.2 Å². The number of nitrogens with zero attached hydrogens (tertiary/aromatic N) is 1. The Morgan fingerprint density at radius 2 is 2.11 bits per heavy atom. The van der Waals surface area contributed by atoms with Gasteiger partial charge in [0.25, 0.3) is 10.0 Å². The van der Waals surface area contributed by atoms with E-state index in [0.29, 0.717) is 11.6 Å². The third-order valence-electron chi connectivity index (χ3n) is 2.61. The molecule has 0 radical (unpaired) electrons. The van der Waals surface area contributed by atoms with Crippen molar-refractivity contribution in [1.29, 1.82) is 0 Å². The molecule has 0 bridgehead atoms. The van der Waals surface area contributed by atoms with Crippen LogP contribution in [0.4, 0.5) is 0 Å². The monoisotopic (exact) mass is 281 g/mol. The van der Waals surface area contributed by atoms with Crippen molar-refractivity contribution < 1.29 is 13.2 Å². The number of rotatable bonds is 5. The zero-order valence-electron chi connectivity index (χ0n) is 10.7. The van der Waals surface area contributed by atoms with Crippen LogP contribution in [0, 0.1) is 6.92 Å². The lowest BCUT2D eigenvalue weighted by atomic mass is 10.2. The van der Waals surface area contributed by atoms with Crippen molar-refractivity contribution in [3.63, 3.8) is 0 Å². The number of H-pyrrole nitrogens is 1. The maximum Gasteiger partial charge on any atom is 0.257 e. The Morgan fingerprint density at radius 1 is 1.37 bits per heavy atom. The second-order valence-electron chi connectivity index (χ2n) is 3.97. The Kier molecular flexibility index (Phi) is 3.87. The molecule has 0 amide bonds. The summed E-state index contributed by atoms with van der Waals surface area (Å²) in [6.45, 7) is 1.85. The fourth-order valence-electron chi connectivity index (χ4n) is 1.63. The van der Waals surface area contributed by atoms with Crippen LogP contribution in [0.3, 0.4) is 0 Å². The van der Waals surface area contributed by atoms with Crippen LogP contribution >= 0.6 is 0 Å². The summed E-state index contributed by atoms with van der Waals surface area (Å²) < 4.78 is 31.7. The van der Waals surface area contributed by atoms with Gasteiger partial charge in [0.2, 0.25) is 0 Å². The van der Waals surface area contributed by atoms with Crippen molar-refractivity contribution in [3.05, 3.63) is 41.9 Å². The van der Waals surface area contributed by atoms with Gasteiger partial charge in [-0.15, -0.1) is 0 Å². The van der Waals surface area contributed by atoms with E-state index in [-0.39, 0.29) is 11.6 Å². The zero-order chi connectivity index (χ0) is 13.9. The van der Waals surface area contributed by atoms with Gasteiger partial charge in [-0.25, -0.2) is 18.1 Å². The number of methoxy groups -OCH3 is 1. The third-order valence-corrected chi connectivity index (χ3v) is 3.93. The molecule has 0 aliphatic heterocycles. The summed E-state index contributed by atoms with van der Waals surface area (Å²) in [4.78, 5) is 6.56. The molecule has 0 fully saturated rings. The standard InChI is InChI=1S/C12H15N3O3S/c1-9-13-8-12(15-9)19(16,17)14-7-10-5-3-4-6-11(10)18-2/h3-6,8,14H,7H2,1-2H3,(H,13,15). The number of para-hydroxylation sites is 1. The first-order chi connectivity index (χ1) is 9.03. The average Bonchev–Trinajstić information content (AvgIpc) is 2.84. The maximum absolute atomic E-state index is 12.0. The smallest absolute Gasteiger partial charge is 0.257 e. The van der Waals surface area contributed by atoms with E-state index >= 15 is 0 Å². The number of nitrogens with one attached hydrogen (secondary N) is 2. The number of hydrogen-bond donors (Lipinski definition) is 2. The summed E-state index contributed by atoms with van der Waals surface area (Å²) in [5.74, 6) is 1.20. The van der Waals surface area contributed by atoms with Crippen LogP contribution in [0.25, 0.3) is 0 Å². The van der Waals surface area contributed by atoms with E-state index in [0.717, 1.165) is 5.56 Å². The highest BCUT2D eigenvalue weighted by atomic mass is 32.2. The molecule has 0 saturated carbocycles. The number of imidazole rings is 1. The highest BCUT2D eigenvalue weighted by Crippen LogP contribution is 2.17. The first kappa shape index (κ1) is 13.6. The number of benzene rings is 1. The van der Waals surface area contributed by atoms with Gasteiger partial charge in [0.15, 0.2) is 5.03 Å². The summed E-state index contributed by atoms with van der Waals surface area (Å²) >= 11 is 0. The van der Waals surface area contributed by atoms with Gasteiger partial charge < -0.3 is 9.72 Å². The quantitative estimate of drug-likeness (QED) is 0.862. The summed E-state index contributed by atoms with van der Waals surface area (Å²) in [5, 5.41) is 0.0555. The highest BCUT2D eigenvalue weighted by molar-refractivity contribution is 7.89. The van der Waals surface area contributed by atoms with Gasteiger partial charge in [-0.2, -0.15) is 0 Å². The van der Waals surface area contributed by atoms with Crippen molar-refractivity contribution in [2.45, 2.75) is 18.5 Å². The molecule has 6 nitrogen and oxygen atoms in total. The molecule has 1 heterocycles. The van der Waals surface area contributed by atoms with Crippen molar-refractivity contribution in [1.82, 2.24) is 14.7 Å². The minimum absolute atomic E-state index is 0.0555. The Hall–Kier alpha value is -1.86. The van der Waals surface area contributed by atoms with E-state index in [9.17, 15) is 8.42 Å². The molecule has 2 N–H and O–H groups in total. The van der Waals surface area contributed by atoms with Crippen molar-refractivity contribution >= 4 is 10.0 Å². The zero-order valence-corrected chi connectivity index (χ0v) is 11.5. The molecule has 19 heavy (non-hydrogen) atoms. The molecule has 7 heteroatoms. The molecule has 0 aliphatic rings. The van der Waals surface area contributed by atoms with Crippen LogP contribution in [-0.4, -0.2) is 25.5 Å². The fraction of sp³-hybridized carbons (Fsp3) is 0.250. The minimum atomic E-state index is -3.59. The molecule has 0 aliphatic carbocycles. The first-order valence-corrected chi connectivity index (χ1v) is 7.14. The van der Waals surface area contributed by atoms with E-state index < -0.39 is 10.0 Å². The summed E-state index contributed by atoms with van der Waals surface area (Å²) in [5.41, 5.74) is 0.768. The van der Waals surface area contributed by atoms with Crippen molar-refractivity contribution in [3.8, 4) is 5.75 Å². The molecular weight excluding hydrogens is 266 g/mol. The predicted molar refractivity (Wildman–Crippen MR) is 70.3 cm³/mol. The molecule has 1 aromatic heterocycles. The van der Waals surface area contributed by atoms with E-state index in [1.807, 2.05) is 12.1 Å². The summed E-state index contributed by atoms with van der Waals surface area (Å²) in [6.07, 6.45) is 1.29. The normalized spacial score (nSPS) is 11.5. The second-order valence-corrected chi connectivity index (χ2v) is 5.70. The number of hydrogen-bond acceptors (Lipinski definition) is 4. The van der Waals surface area contributed by atoms with Crippen LogP contribution in [0.1, 0.15) is 11.4 Å². The second kappa shape index (κ2) is 5.41. The molecule has 102 valence electrons. The first-order valence-electron chi connectivity index (χ1n) is 5.66. The predicted octanol–water partition coefficient (Wildman–Crippen LogP) is 1.21. The van der Waals surface area contributed by atoms with Gasteiger partial charge >= 0.3 is 0 Å². The van der Waals surface area contributed by atoms with Crippen LogP contribution in [-0.2, 0) is 16.6 Å². The van der Waals surface area contributed by atoms with Crippen molar-refractivity contribution in [2.24, 2.45) is 0 Å².